The van der Waals surface area contributed by atoms with E-state index in [2.05, 4.69) is 0 Å². The highest BCUT2D eigenvalue weighted by Gasteiger charge is 2.24. The molecular formula is C8H10FNO2. The Bertz CT molecular complexity index is 281. The first-order valence-electron chi connectivity index (χ1n) is 3.63. The summed E-state index contributed by atoms with van der Waals surface area (Å²) in [6, 6.07) is 0. The van der Waals surface area contributed by atoms with Crippen molar-refractivity contribution >= 4 is 5.97 Å². The van der Waals surface area contributed by atoms with E-state index in [0.717, 1.165) is 6.42 Å². The Balaban J connectivity index is 2.89. The number of carboxylic acids is 1. The molecular weight excluding hydrogens is 161 g/mol. The van der Waals surface area contributed by atoms with Crippen molar-refractivity contribution in [3.05, 3.63) is 23.2 Å². The predicted molar refractivity (Wildman–Crippen MR) is 41.8 cm³/mol. The summed E-state index contributed by atoms with van der Waals surface area (Å²) in [5.74, 6) is -2.11. The molecule has 0 saturated carbocycles. The maximum Gasteiger partial charge on any atom is 0.354 e. The number of hydrogen-bond acceptors (Lipinski definition) is 2. The van der Waals surface area contributed by atoms with Crippen LogP contribution in [-0.2, 0) is 4.79 Å². The van der Waals surface area contributed by atoms with E-state index in [1.807, 2.05) is 6.92 Å². The minimum absolute atomic E-state index is 0.0860. The van der Waals surface area contributed by atoms with Crippen molar-refractivity contribution in [1.29, 1.82) is 0 Å². The number of nitrogens with two attached hydrogens (primary N) is 1. The molecule has 3 N–H and O–H groups in total. The Morgan fingerprint density at radius 1 is 1.83 bits per heavy atom. The van der Waals surface area contributed by atoms with Gasteiger partial charge in [-0.1, -0.05) is 13.0 Å². The van der Waals surface area contributed by atoms with Crippen molar-refractivity contribution in [2.45, 2.75) is 13.3 Å². The molecule has 0 heterocycles. The number of aliphatic carboxylic acids is 1. The largest absolute Gasteiger partial charge is 0.477 e. The lowest BCUT2D eigenvalue weighted by atomic mass is 9.85. The third-order valence-electron chi connectivity index (χ3n) is 1.94. The van der Waals surface area contributed by atoms with Gasteiger partial charge in [-0.25, -0.2) is 9.18 Å². The van der Waals surface area contributed by atoms with E-state index in [1.54, 1.807) is 6.08 Å². The Morgan fingerprint density at radius 3 is 2.67 bits per heavy atom. The number of halogens is 1. The fourth-order valence-corrected chi connectivity index (χ4v) is 1.03. The zero-order valence-corrected chi connectivity index (χ0v) is 6.67. The molecule has 0 radical (unpaired) electrons. The molecule has 1 atom stereocenters. The molecule has 1 rings (SSSR count). The summed E-state index contributed by atoms with van der Waals surface area (Å²) in [6.45, 7) is 1.82. The summed E-state index contributed by atoms with van der Waals surface area (Å²) < 4.78 is 13.0. The number of rotatable bonds is 2. The van der Waals surface area contributed by atoms with Gasteiger partial charge in [-0.2, -0.15) is 0 Å². The third-order valence-corrected chi connectivity index (χ3v) is 1.94. The van der Waals surface area contributed by atoms with Gasteiger partial charge in [0.2, 0.25) is 0 Å². The van der Waals surface area contributed by atoms with Crippen LogP contribution in [0.3, 0.4) is 0 Å². The van der Waals surface area contributed by atoms with Crippen molar-refractivity contribution in [1.82, 2.24) is 0 Å². The second-order valence-electron chi connectivity index (χ2n) is 2.83. The maximum absolute atomic E-state index is 13.0. The molecule has 4 heteroatoms. The highest BCUT2D eigenvalue weighted by Crippen LogP contribution is 2.33. The summed E-state index contributed by atoms with van der Waals surface area (Å²) in [5.41, 5.74) is 4.71. The minimum Gasteiger partial charge on any atom is -0.477 e. The Labute approximate surface area is 69.4 Å². The fraction of sp³-hybridized carbons (Fsp3) is 0.375. The van der Waals surface area contributed by atoms with Crippen LogP contribution in [-0.4, -0.2) is 11.1 Å². The minimum atomic E-state index is -1.41. The quantitative estimate of drug-likeness (QED) is 0.613. The van der Waals surface area contributed by atoms with Crippen molar-refractivity contribution in [2.75, 3.05) is 0 Å². The molecule has 0 aromatic heterocycles. The standard InChI is InChI=1S/C8H10FNO2/c1-4-2-3-5(4)6(9)7(10)8(11)12/h3-4H,2,10H2,1H3,(H,11,12)/b7-6+/t4-/m1/s1. The van der Waals surface area contributed by atoms with E-state index in [4.69, 9.17) is 10.8 Å². The van der Waals surface area contributed by atoms with E-state index >= 15 is 0 Å². The highest BCUT2D eigenvalue weighted by atomic mass is 19.1. The zero-order chi connectivity index (χ0) is 9.30. The van der Waals surface area contributed by atoms with Crippen LogP contribution in [0.1, 0.15) is 13.3 Å². The summed E-state index contributed by atoms with van der Waals surface area (Å²) in [6.07, 6.45) is 2.44. The van der Waals surface area contributed by atoms with Crippen LogP contribution in [0, 0.1) is 5.92 Å². The van der Waals surface area contributed by atoms with Crippen molar-refractivity contribution in [3.63, 3.8) is 0 Å². The zero-order valence-electron chi connectivity index (χ0n) is 6.67. The number of carboxylic acid groups (broad SMARTS) is 1. The molecule has 0 aliphatic heterocycles. The highest BCUT2D eigenvalue weighted by molar-refractivity contribution is 5.87. The van der Waals surface area contributed by atoms with Gasteiger partial charge in [0.25, 0.3) is 0 Å². The Morgan fingerprint density at radius 2 is 2.42 bits per heavy atom. The molecule has 1 aliphatic rings. The van der Waals surface area contributed by atoms with Crippen LogP contribution in [0.15, 0.2) is 23.2 Å². The van der Waals surface area contributed by atoms with Gasteiger partial charge in [0, 0.05) is 0 Å². The lowest BCUT2D eigenvalue weighted by Crippen LogP contribution is -2.17. The average molecular weight is 171 g/mol. The maximum atomic E-state index is 13.0. The number of carbonyl (C=O) groups is 1. The monoisotopic (exact) mass is 171 g/mol. The molecule has 0 aromatic carbocycles. The normalized spacial score (nSPS) is 23.8. The Hall–Kier alpha value is -1.32. The van der Waals surface area contributed by atoms with Crippen LogP contribution < -0.4 is 5.73 Å². The van der Waals surface area contributed by atoms with E-state index < -0.39 is 17.5 Å². The molecule has 0 unspecified atom stereocenters. The Kier molecular flexibility index (Phi) is 2.17. The van der Waals surface area contributed by atoms with Gasteiger partial charge in [-0.15, -0.1) is 0 Å². The first kappa shape index (κ1) is 8.77. The molecule has 3 nitrogen and oxygen atoms in total. The van der Waals surface area contributed by atoms with E-state index in [0.29, 0.717) is 5.57 Å². The predicted octanol–water partition coefficient (Wildman–Crippen LogP) is 1.18. The molecule has 1 aliphatic carbocycles. The molecule has 0 bridgehead atoms. The van der Waals surface area contributed by atoms with Crippen LogP contribution in [0.4, 0.5) is 4.39 Å². The van der Waals surface area contributed by atoms with Gasteiger partial charge in [0.05, 0.1) is 0 Å². The van der Waals surface area contributed by atoms with Gasteiger partial charge in [0.1, 0.15) is 0 Å². The van der Waals surface area contributed by atoms with E-state index in [-0.39, 0.29) is 5.92 Å². The molecule has 0 spiro atoms. The summed E-state index contributed by atoms with van der Waals surface area (Å²) in [7, 11) is 0. The first-order valence-corrected chi connectivity index (χ1v) is 3.63. The van der Waals surface area contributed by atoms with Crippen molar-refractivity contribution in [3.8, 4) is 0 Å². The number of hydrogen-bond donors (Lipinski definition) is 2. The molecule has 12 heavy (non-hydrogen) atoms. The van der Waals surface area contributed by atoms with Crippen molar-refractivity contribution < 1.29 is 14.3 Å². The smallest absolute Gasteiger partial charge is 0.354 e. The molecule has 0 amide bonds. The summed E-state index contributed by atoms with van der Waals surface area (Å²) in [4.78, 5) is 10.2. The lowest BCUT2D eigenvalue weighted by molar-refractivity contribution is -0.132. The topological polar surface area (TPSA) is 63.3 Å². The van der Waals surface area contributed by atoms with Crippen LogP contribution in [0.25, 0.3) is 0 Å². The summed E-state index contributed by atoms with van der Waals surface area (Å²) >= 11 is 0. The third kappa shape index (κ3) is 1.32. The first-order chi connectivity index (χ1) is 5.54. The average Bonchev–Trinajstić information content (AvgIpc) is 2.00. The van der Waals surface area contributed by atoms with Crippen LogP contribution in [0.5, 0.6) is 0 Å². The van der Waals surface area contributed by atoms with Gasteiger partial charge in [0.15, 0.2) is 11.5 Å². The fourth-order valence-electron chi connectivity index (χ4n) is 1.03. The molecule has 0 aromatic rings. The van der Waals surface area contributed by atoms with E-state index in [1.165, 1.54) is 0 Å². The number of allylic oxidation sites excluding steroid dienone is 3. The second kappa shape index (κ2) is 2.97. The second-order valence-corrected chi connectivity index (χ2v) is 2.83. The van der Waals surface area contributed by atoms with Gasteiger partial charge in [-0.05, 0) is 17.9 Å². The van der Waals surface area contributed by atoms with Gasteiger partial charge < -0.3 is 10.8 Å². The SMILES string of the molecule is C[C@@H]1CC=C1/C(F)=C(\N)C(=O)O. The van der Waals surface area contributed by atoms with Crippen LogP contribution in [0.2, 0.25) is 0 Å². The van der Waals surface area contributed by atoms with Gasteiger partial charge >= 0.3 is 5.97 Å². The summed E-state index contributed by atoms with van der Waals surface area (Å²) in [5, 5.41) is 8.36. The van der Waals surface area contributed by atoms with Crippen molar-refractivity contribution in [2.24, 2.45) is 11.7 Å². The molecule has 66 valence electrons. The molecule has 0 fully saturated rings. The lowest BCUT2D eigenvalue weighted by Gasteiger charge is -2.21. The van der Waals surface area contributed by atoms with Gasteiger partial charge in [-0.3, -0.25) is 0 Å². The molecule has 0 saturated heterocycles. The van der Waals surface area contributed by atoms with Crippen LogP contribution >= 0.6 is 0 Å². The van der Waals surface area contributed by atoms with E-state index in [9.17, 15) is 9.18 Å².